The molecule has 2 saturated heterocycles. The number of aliphatic hydroxyl groups is 4. The number of benzene rings is 2. The van der Waals surface area contributed by atoms with E-state index in [0.717, 1.165) is 22.4 Å². The Balaban J connectivity index is 1.38. The Hall–Kier alpha value is -3.22. The summed E-state index contributed by atoms with van der Waals surface area (Å²) >= 11 is 0. The molecule has 290 valence electrons. The lowest BCUT2D eigenvalue weighted by Gasteiger charge is -2.43. The largest absolute Gasteiger partial charge is 0.496 e. The van der Waals surface area contributed by atoms with Gasteiger partial charge < -0.3 is 64.2 Å². The molecule has 52 heavy (non-hydrogen) atoms. The van der Waals surface area contributed by atoms with Crippen molar-refractivity contribution in [2.24, 2.45) is 0 Å². The van der Waals surface area contributed by atoms with Crippen molar-refractivity contribution in [2.75, 3.05) is 26.9 Å². The lowest BCUT2D eigenvalue weighted by atomic mass is 9.97. The number of carbonyl (C=O) groups excluding carboxylic acids is 2. The molecule has 2 heterocycles. The van der Waals surface area contributed by atoms with Gasteiger partial charge in [-0.25, -0.2) is 0 Å². The predicted octanol–water partition coefficient (Wildman–Crippen LogP) is 0.493. The first kappa shape index (κ1) is 41.5. The highest BCUT2D eigenvalue weighted by molar-refractivity contribution is 5.82. The van der Waals surface area contributed by atoms with Gasteiger partial charge in [0.15, 0.2) is 24.8 Å². The molecular formula is C37H54N2O13. The molecule has 2 unspecified atom stereocenters. The molecule has 0 bridgehead atoms. The third-order valence-electron chi connectivity index (χ3n) is 8.60. The van der Waals surface area contributed by atoms with Crippen LogP contribution in [0.2, 0.25) is 0 Å². The number of ether oxygens (including phenoxy) is 7. The SMILES string of the molecule is COc1ccc(CCNC(=O)C2O[C@@H](OC(C)C)[C@@H](O)[C@@H](O)[C@@H]2OCCO[C@@H]2OC(C(=O)NCc3ccccc3)[C@@H](OC(C)C)[C@H](O)[C@@H]2O)cc1C. The van der Waals surface area contributed by atoms with Crippen LogP contribution in [0.3, 0.4) is 0 Å². The molecule has 2 aromatic carbocycles. The number of rotatable bonds is 17. The van der Waals surface area contributed by atoms with Gasteiger partial charge in [0.2, 0.25) is 0 Å². The summed E-state index contributed by atoms with van der Waals surface area (Å²) in [6.07, 6.45) is -14.5. The van der Waals surface area contributed by atoms with Gasteiger partial charge in [-0.3, -0.25) is 9.59 Å². The molecule has 15 nitrogen and oxygen atoms in total. The molecular weight excluding hydrogens is 680 g/mol. The van der Waals surface area contributed by atoms with Crippen molar-refractivity contribution < 1.29 is 63.2 Å². The fourth-order valence-electron chi connectivity index (χ4n) is 6.03. The van der Waals surface area contributed by atoms with Crippen LogP contribution in [0, 0.1) is 6.92 Å². The average Bonchev–Trinajstić information content (AvgIpc) is 3.11. The molecule has 0 saturated carbocycles. The number of aliphatic hydroxyl groups excluding tert-OH is 4. The van der Waals surface area contributed by atoms with Crippen LogP contribution in [0.4, 0.5) is 0 Å². The van der Waals surface area contributed by atoms with E-state index in [9.17, 15) is 30.0 Å². The number of aryl methyl sites for hydroxylation is 1. The second kappa shape index (κ2) is 19.7. The Morgan fingerprint density at radius 2 is 1.33 bits per heavy atom. The minimum absolute atomic E-state index is 0.197. The highest BCUT2D eigenvalue weighted by Gasteiger charge is 2.50. The maximum absolute atomic E-state index is 13.4. The zero-order valence-electron chi connectivity index (χ0n) is 30.5. The number of hydrogen-bond donors (Lipinski definition) is 6. The van der Waals surface area contributed by atoms with Gasteiger partial charge >= 0.3 is 0 Å². The number of hydrogen-bond acceptors (Lipinski definition) is 13. The Bertz CT molecular complexity index is 1410. The van der Waals surface area contributed by atoms with Crippen LogP contribution in [0.1, 0.15) is 44.4 Å². The van der Waals surface area contributed by atoms with Crippen LogP contribution in [0.5, 0.6) is 5.75 Å². The second-order valence-electron chi connectivity index (χ2n) is 13.4. The van der Waals surface area contributed by atoms with Gasteiger partial charge in [-0.15, -0.1) is 0 Å². The minimum Gasteiger partial charge on any atom is -0.496 e. The quantitative estimate of drug-likeness (QED) is 0.123. The van der Waals surface area contributed by atoms with Crippen molar-refractivity contribution in [3.63, 3.8) is 0 Å². The highest BCUT2D eigenvalue weighted by atomic mass is 16.7. The van der Waals surface area contributed by atoms with Crippen molar-refractivity contribution in [3.8, 4) is 5.75 Å². The van der Waals surface area contributed by atoms with Gasteiger partial charge in [0.05, 0.1) is 32.5 Å². The molecule has 0 aliphatic carbocycles. The van der Waals surface area contributed by atoms with Gasteiger partial charge in [-0.1, -0.05) is 42.5 Å². The monoisotopic (exact) mass is 734 g/mol. The summed E-state index contributed by atoms with van der Waals surface area (Å²) in [5.74, 6) is -0.407. The molecule has 4 rings (SSSR count). The number of methoxy groups -OCH3 is 1. The first-order valence-electron chi connectivity index (χ1n) is 17.6. The summed E-state index contributed by atoms with van der Waals surface area (Å²) in [5, 5.41) is 49.2. The molecule has 0 aromatic heterocycles. The number of nitrogens with one attached hydrogen (secondary N) is 2. The van der Waals surface area contributed by atoms with E-state index in [1.807, 2.05) is 55.5 Å². The third-order valence-corrected chi connectivity index (χ3v) is 8.60. The standard InChI is InChI=1S/C37H54N2O13/c1-20(2)49-31-27(41)28(42)36(51-33(31)35(45)39-19-24-10-8-7-9-11-24)48-17-16-47-30-26(40)29(43)37(50-21(3)4)52-32(30)34(44)38-15-14-23-12-13-25(46-6)22(5)18-23/h7-13,18,20-21,26-33,36-37,40-43H,14-17,19H2,1-6H3,(H,38,44)(H,39,45)/t26-,27-,28+,29+,30+,31+,32?,33?,36-,37-/m1/s1. The van der Waals surface area contributed by atoms with Crippen LogP contribution >= 0.6 is 0 Å². The van der Waals surface area contributed by atoms with E-state index in [4.69, 9.17) is 33.2 Å². The van der Waals surface area contributed by atoms with E-state index in [-0.39, 0.29) is 32.4 Å². The third kappa shape index (κ3) is 11.1. The summed E-state index contributed by atoms with van der Waals surface area (Å²) in [6, 6.07) is 14.9. The van der Waals surface area contributed by atoms with E-state index >= 15 is 0 Å². The maximum atomic E-state index is 13.4. The van der Waals surface area contributed by atoms with E-state index in [2.05, 4.69) is 10.6 Å². The van der Waals surface area contributed by atoms with Crippen LogP contribution in [-0.4, -0.2) is 133 Å². The molecule has 2 aliphatic rings. The molecule has 15 heteroatoms. The molecule has 10 atom stereocenters. The first-order chi connectivity index (χ1) is 24.8. The molecule has 2 aromatic rings. The van der Waals surface area contributed by atoms with Gasteiger partial charge in [0.25, 0.3) is 11.8 Å². The summed E-state index contributed by atoms with van der Waals surface area (Å²) in [4.78, 5) is 26.7. The first-order valence-corrected chi connectivity index (χ1v) is 17.6. The molecule has 2 aliphatic heterocycles. The predicted molar refractivity (Wildman–Crippen MR) is 186 cm³/mol. The smallest absolute Gasteiger partial charge is 0.252 e. The number of amides is 2. The van der Waals surface area contributed by atoms with Crippen LogP contribution in [0.25, 0.3) is 0 Å². The summed E-state index contributed by atoms with van der Waals surface area (Å²) in [5.41, 5.74) is 2.77. The topological polar surface area (TPSA) is 204 Å². The van der Waals surface area contributed by atoms with Crippen LogP contribution in [-0.2, 0) is 51.0 Å². The molecule has 2 amide bonds. The van der Waals surface area contributed by atoms with Gasteiger partial charge in [-0.05, 0) is 63.8 Å². The Kier molecular flexibility index (Phi) is 15.8. The van der Waals surface area contributed by atoms with E-state index in [0.29, 0.717) is 6.42 Å². The maximum Gasteiger partial charge on any atom is 0.252 e. The highest BCUT2D eigenvalue weighted by Crippen LogP contribution is 2.28. The van der Waals surface area contributed by atoms with E-state index < -0.39 is 79.3 Å². The zero-order chi connectivity index (χ0) is 37.9. The van der Waals surface area contributed by atoms with Gasteiger partial charge in [0, 0.05) is 13.1 Å². The van der Waals surface area contributed by atoms with Gasteiger partial charge in [0.1, 0.15) is 42.4 Å². The number of carbonyl (C=O) groups is 2. The fourth-order valence-corrected chi connectivity index (χ4v) is 6.03. The molecule has 6 N–H and O–H groups in total. The van der Waals surface area contributed by atoms with Gasteiger partial charge in [-0.2, -0.15) is 0 Å². The lowest BCUT2D eigenvalue weighted by Crippen LogP contribution is -2.63. The summed E-state index contributed by atoms with van der Waals surface area (Å²) in [6.45, 7) is 8.74. The Morgan fingerprint density at radius 3 is 1.98 bits per heavy atom. The Labute approximate surface area is 304 Å². The van der Waals surface area contributed by atoms with Crippen LogP contribution < -0.4 is 15.4 Å². The van der Waals surface area contributed by atoms with Crippen molar-refractivity contribution in [2.45, 2.75) is 121 Å². The zero-order valence-corrected chi connectivity index (χ0v) is 30.5. The minimum atomic E-state index is -1.59. The van der Waals surface area contributed by atoms with Crippen molar-refractivity contribution in [3.05, 3.63) is 65.2 Å². The molecule has 0 radical (unpaired) electrons. The van der Waals surface area contributed by atoms with E-state index in [1.165, 1.54) is 0 Å². The molecule has 2 fully saturated rings. The Morgan fingerprint density at radius 1 is 0.731 bits per heavy atom. The van der Waals surface area contributed by atoms with Crippen molar-refractivity contribution in [1.29, 1.82) is 0 Å². The van der Waals surface area contributed by atoms with Crippen molar-refractivity contribution >= 4 is 11.8 Å². The fraction of sp³-hybridized carbons (Fsp3) is 0.622. The summed E-state index contributed by atoms with van der Waals surface area (Å²) < 4.78 is 40.0. The van der Waals surface area contributed by atoms with E-state index in [1.54, 1.807) is 34.8 Å². The lowest BCUT2D eigenvalue weighted by molar-refractivity contribution is -0.313. The van der Waals surface area contributed by atoms with Crippen LogP contribution in [0.15, 0.2) is 48.5 Å². The summed E-state index contributed by atoms with van der Waals surface area (Å²) in [7, 11) is 1.60. The van der Waals surface area contributed by atoms with Crippen molar-refractivity contribution in [1.82, 2.24) is 10.6 Å². The molecule has 0 spiro atoms. The normalized spacial score (nSPS) is 29.2. The average molecular weight is 735 g/mol. The second-order valence-corrected chi connectivity index (χ2v) is 13.4.